The predicted molar refractivity (Wildman–Crippen MR) is 97.3 cm³/mol. The smallest absolute Gasteiger partial charge is 0.283 e. The molecule has 9 nitrogen and oxygen atoms in total. The van der Waals surface area contributed by atoms with Crippen molar-refractivity contribution in [3.63, 3.8) is 0 Å². The van der Waals surface area contributed by atoms with Gasteiger partial charge in [0.05, 0.1) is 9.82 Å². The first-order valence-electron chi connectivity index (χ1n) is 7.17. The third kappa shape index (κ3) is 3.63. The minimum absolute atomic E-state index is 0.0788. The van der Waals surface area contributed by atoms with Gasteiger partial charge in [0.15, 0.2) is 10.3 Å². The molecular weight excluding hydrogens is 378 g/mol. The topological polar surface area (TPSA) is 119 Å². The zero-order valence-corrected chi connectivity index (χ0v) is 14.9. The average molecular weight is 389 g/mol. The highest BCUT2D eigenvalue weighted by Crippen LogP contribution is 2.34. The molecule has 0 radical (unpaired) electrons. The van der Waals surface area contributed by atoms with Crippen LogP contribution < -0.4 is 10.6 Å². The van der Waals surface area contributed by atoms with Crippen LogP contribution in [-0.4, -0.2) is 31.4 Å². The second-order valence-corrected chi connectivity index (χ2v) is 6.62. The van der Waals surface area contributed by atoms with Gasteiger partial charge in [-0.2, -0.15) is 0 Å². The fourth-order valence-corrected chi connectivity index (χ4v) is 3.25. The number of nitro groups is 1. The average Bonchev–Trinajstić information content (AvgIpc) is 2.97. The second-order valence-electron chi connectivity index (χ2n) is 5.20. The number of imidazole rings is 1. The summed E-state index contributed by atoms with van der Waals surface area (Å²) in [5, 5.41) is 16.6. The van der Waals surface area contributed by atoms with Crippen LogP contribution in [0.3, 0.4) is 0 Å². The van der Waals surface area contributed by atoms with Crippen molar-refractivity contribution >= 4 is 52.7 Å². The highest BCUT2D eigenvalue weighted by Gasteiger charge is 2.26. The first-order chi connectivity index (χ1) is 12.3. The lowest BCUT2D eigenvalue weighted by Gasteiger charge is -2.16. The summed E-state index contributed by atoms with van der Waals surface area (Å²) in [6.45, 7) is 0. The molecule has 11 heteroatoms. The largest absolute Gasteiger partial charge is 0.329 e. The van der Waals surface area contributed by atoms with E-state index in [0.29, 0.717) is 15.6 Å². The Morgan fingerprint density at radius 1 is 1.31 bits per heavy atom. The van der Waals surface area contributed by atoms with Crippen LogP contribution in [0.4, 0.5) is 5.69 Å². The number of aryl methyl sites for hydroxylation is 1. The molecule has 0 saturated carbocycles. The number of carbonyl (C=O) groups is 2. The number of nitrogens with zero attached hydrogens (tertiary/aromatic N) is 3. The molecule has 132 valence electrons. The number of aromatic nitrogens is 2. The molecular formula is C15H11N5O4S2. The number of benzene rings is 1. The molecule has 2 amide bonds. The number of amides is 2. The molecule has 26 heavy (non-hydrogen) atoms. The van der Waals surface area contributed by atoms with Gasteiger partial charge < -0.3 is 4.57 Å². The van der Waals surface area contributed by atoms with E-state index in [1.54, 1.807) is 36.1 Å². The van der Waals surface area contributed by atoms with Crippen LogP contribution in [0.2, 0.25) is 0 Å². The number of thiocarbonyl (C=S) groups is 1. The number of hydrogen-bond acceptors (Lipinski definition) is 7. The van der Waals surface area contributed by atoms with Gasteiger partial charge in [0, 0.05) is 25.5 Å². The van der Waals surface area contributed by atoms with Gasteiger partial charge in [-0.15, -0.1) is 0 Å². The minimum atomic E-state index is -0.659. The Morgan fingerprint density at radius 2 is 2.00 bits per heavy atom. The molecule has 2 N–H and O–H groups in total. The molecule has 2 aromatic rings. The highest BCUT2D eigenvalue weighted by molar-refractivity contribution is 7.99. The van der Waals surface area contributed by atoms with Crippen molar-refractivity contribution in [1.82, 2.24) is 20.2 Å². The number of nitrogens with one attached hydrogen (secondary N) is 2. The van der Waals surface area contributed by atoms with Crippen LogP contribution in [0, 0.1) is 10.1 Å². The highest BCUT2D eigenvalue weighted by atomic mass is 32.2. The van der Waals surface area contributed by atoms with E-state index in [-0.39, 0.29) is 16.4 Å². The summed E-state index contributed by atoms with van der Waals surface area (Å²) < 4.78 is 1.74. The summed E-state index contributed by atoms with van der Waals surface area (Å²) in [5.74, 6) is -1.32. The Balaban J connectivity index is 1.96. The Morgan fingerprint density at radius 3 is 2.58 bits per heavy atom. The maximum atomic E-state index is 11.9. The van der Waals surface area contributed by atoms with Gasteiger partial charge >= 0.3 is 0 Å². The van der Waals surface area contributed by atoms with E-state index in [4.69, 9.17) is 12.2 Å². The molecule has 1 fully saturated rings. The van der Waals surface area contributed by atoms with Gasteiger partial charge in [0.1, 0.15) is 5.57 Å². The molecule has 1 aliphatic rings. The molecule has 1 aliphatic heterocycles. The van der Waals surface area contributed by atoms with Crippen molar-refractivity contribution in [1.29, 1.82) is 0 Å². The summed E-state index contributed by atoms with van der Waals surface area (Å²) in [5.41, 5.74) is 0.00547. The molecule has 1 aromatic carbocycles. The van der Waals surface area contributed by atoms with Crippen LogP contribution in [0.1, 0.15) is 5.56 Å². The van der Waals surface area contributed by atoms with Crippen LogP contribution in [-0.2, 0) is 16.6 Å². The summed E-state index contributed by atoms with van der Waals surface area (Å²) in [7, 11) is 1.78. The molecule has 1 saturated heterocycles. The standard InChI is InChI=1S/C15H11N5O4S2/c1-19-5-4-16-15(19)26-11-3-2-8(7-10(11)20(23)24)6-9-12(21)17-14(25)18-13(9)22/h2-7H,1H3,(H2,17,18,21,22,25). The van der Waals surface area contributed by atoms with E-state index in [1.807, 2.05) is 0 Å². The maximum Gasteiger partial charge on any atom is 0.283 e. The van der Waals surface area contributed by atoms with Crippen LogP contribution in [0.25, 0.3) is 6.08 Å². The zero-order chi connectivity index (χ0) is 18.8. The lowest BCUT2D eigenvalue weighted by atomic mass is 10.1. The van der Waals surface area contributed by atoms with Crippen molar-refractivity contribution in [2.24, 2.45) is 7.05 Å². The Labute approximate surface area is 156 Å². The molecule has 2 heterocycles. The van der Waals surface area contributed by atoms with Crippen molar-refractivity contribution in [2.75, 3.05) is 0 Å². The Kier molecular flexibility index (Phi) is 4.82. The van der Waals surface area contributed by atoms with Crippen LogP contribution in [0.5, 0.6) is 0 Å². The molecule has 0 aliphatic carbocycles. The number of hydrogen-bond donors (Lipinski definition) is 2. The summed E-state index contributed by atoms with van der Waals surface area (Å²) >= 11 is 5.87. The van der Waals surface area contributed by atoms with E-state index < -0.39 is 16.7 Å². The third-order valence-corrected chi connectivity index (χ3v) is 4.76. The Bertz CT molecular complexity index is 960. The van der Waals surface area contributed by atoms with Gasteiger partial charge in [-0.1, -0.05) is 6.07 Å². The molecule has 0 bridgehead atoms. The van der Waals surface area contributed by atoms with Crippen molar-refractivity contribution < 1.29 is 14.5 Å². The van der Waals surface area contributed by atoms with Gasteiger partial charge in [-0.25, -0.2) is 4.98 Å². The van der Waals surface area contributed by atoms with Crippen molar-refractivity contribution in [2.45, 2.75) is 10.1 Å². The van der Waals surface area contributed by atoms with Crippen LogP contribution in [0.15, 0.2) is 46.2 Å². The fraction of sp³-hybridized carbons (Fsp3) is 0.0667. The van der Waals surface area contributed by atoms with Gasteiger partial charge in [-0.05, 0) is 41.7 Å². The Hall–Kier alpha value is -3.05. The van der Waals surface area contributed by atoms with Crippen molar-refractivity contribution in [3.8, 4) is 0 Å². The van der Waals surface area contributed by atoms with E-state index >= 15 is 0 Å². The SMILES string of the molecule is Cn1ccnc1Sc1ccc(C=C2C(=O)NC(=S)NC2=O)cc1[N+](=O)[O-]. The first-order valence-corrected chi connectivity index (χ1v) is 8.39. The molecule has 1 aromatic heterocycles. The molecule has 3 rings (SSSR count). The number of carbonyl (C=O) groups excluding carboxylic acids is 2. The van der Waals surface area contributed by atoms with E-state index in [2.05, 4.69) is 15.6 Å². The van der Waals surface area contributed by atoms with Gasteiger partial charge in [-0.3, -0.25) is 30.3 Å². The zero-order valence-electron chi connectivity index (χ0n) is 13.3. The van der Waals surface area contributed by atoms with Gasteiger partial charge in [0.2, 0.25) is 0 Å². The van der Waals surface area contributed by atoms with E-state index in [0.717, 1.165) is 11.8 Å². The maximum absolute atomic E-state index is 11.9. The van der Waals surface area contributed by atoms with Gasteiger partial charge in [0.25, 0.3) is 17.5 Å². The molecule has 0 atom stereocenters. The number of nitro benzene ring substituents is 1. The monoisotopic (exact) mass is 389 g/mol. The minimum Gasteiger partial charge on any atom is -0.329 e. The summed E-state index contributed by atoms with van der Waals surface area (Å²) in [4.78, 5) is 39.2. The predicted octanol–water partition coefficient (Wildman–Crippen LogP) is 1.39. The molecule has 0 spiro atoms. The first kappa shape index (κ1) is 17.8. The van der Waals surface area contributed by atoms with Crippen LogP contribution >= 0.6 is 24.0 Å². The van der Waals surface area contributed by atoms with Crippen molar-refractivity contribution in [3.05, 3.63) is 51.8 Å². The summed E-state index contributed by atoms with van der Waals surface area (Å²) in [6.07, 6.45) is 4.60. The van der Waals surface area contributed by atoms with E-state index in [1.165, 1.54) is 12.1 Å². The third-order valence-electron chi connectivity index (χ3n) is 3.41. The summed E-state index contributed by atoms with van der Waals surface area (Å²) in [6, 6.07) is 4.43. The molecule has 0 unspecified atom stereocenters. The second kappa shape index (κ2) is 7.06. The lowest BCUT2D eigenvalue weighted by molar-refractivity contribution is -0.387. The quantitative estimate of drug-likeness (QED) is 0.267. The lowest BCUT2D eigenvalue weighted by Crippen LogP contribution is -2.51. The fourth-order valence-electron chi connectivity index (χ4n) is 2.17. The number of rotatable bonds is 4. The van der Waals surface area contributed by atoms with E-state index in [9.17, 15) is 19.7 Å². The normalized spacial score (nSPS) is 14.0.